The van der Waals surface area contributed by atoms with Crippen molar-refractivity contribution in [2.45, 2.75) is 26.6 Å². The minimum Gasteiger partial charge on any atom is -0.459 e. The molecule has 1 aliphatic heterocycles. The molecule has 3 heterocycles. The van der Waals surface area contributed by atoms with Crippen LogP contribution in [0.2, 0.25) is 5.02 Å². The molecule has 2 aromatic carbocycles. The van der Waals surface area contributed by atoms with E-state index >= 15 is 0 Å². The summed E-state index contributed by atoms with van der Waals surface area (Å²) in [6.45, 7) is 2.88. The van der Waals surface area contributed by atoms with Gasteiger partial charge in [-0.05, 0) is 29.7 Å². The van der Waals surface area contributed by atoms with Crippen molar-refractivity contribution in [3.8, 4) is 0 Å². The molecule has 0 N–H and O–H groups in total. The van der Waals surface area contributed by atoms with Crippen molar-refractivity contribution < 1.29 is 9.53 Å². The van der Waals surface area contributed by atoms with Gasteiger partial charge in [0.05, 0.1) is 0 Å². The summed E-state index contributed by atoms with van der Waals surface area (Å²) in [7, 11) is 1.54. The summed E-state index contributed by atoms with van der Waals surface area (Å²) >= 11 is 6.22. The number of benzene rings is 2. The van der Waals surface area contributed by atoms with Crippen LogP contribution in [0.4, 0.5) is 11.6 Å². The number of esters is 1. The number of ether oxygens (including phenoxy) is 1. The predicted molar refractivity (Wildman–Crippen MR) is 133 cm³/mol. The van der Waals surface area contributed by atoms with Crippen LogP contribution in [-0.4, -0.2) is 31.2 Å². The highest BCUT2D eigenvalue weighted by molar-refractivity contribution is 6.30. The second kappa shape index (κ2) is 9.07. The number of nitrogens with zero attached hydrogens (tertiary/aromatic N) is 5. The van der Waals surface area contributed by atoms with Gasteiger partial charge in [0.15, 0.2) is 11.2 Å². The normalized spacial score (nSPS) is 15.3. The van der Waals surface area contributed by atoms with Gasteiger partial charge in [-0.1, -0.05) is 54.9 Å². The first-order valence-electron chi connectivity index (χ1n) is 11.3. The van der Waals surface area contributed by atoms with Crippen LogP contribution in [0.5, 0.6) is 0 Å². The number of hydrogen-bond acceptors (Lipinski definition) is 6. The van der Waals surface area contributed by atoms with E-state index in [1.54, 1.807) is 13.1 Å². The highest BCUT2D eigenvalue weighted by atomic mass is 35.5. The smallest absolute Gasteiger partial charge is 0.333 e. The van der Waals surface area contributed by atoms with Gasteiger partial charge in [0, 0.05) is 30.8 Å². The van der Waals surface area contributed by atoms with Crippen molar-refractivity contribution in [3.05, 3.63) is 86.0 Å². The number of imidazole rings is 1. The SMILES string of the molecule is C[C@H]1CN(c2cccc(Cl)c2)c2nc3c(c(=O)n(CC(=O)OCc4ccccc4)c(=O)n3C)n2C1. The molecule has 0 fully saturated rings. The van der Waals surface area contributed by atoms with E-state index in [2.05, 4.69) is 11.9 Å². The van der Waals surface area contributed by atoms with Gasteiger partial charge in [-0.25, -0.2) is 9.36 Å². The first-order valence-corrected chi connectivity index (χ1v) is 11.6. The van der Waals surface area contributed by atoms with Crippen molar-refractivity contribution in [1.82, 2.24) is 18.7 Å². The minimum atomic E-state index is -0.667. The molecule has 0 amide bonds. The summed E-state index contributed by atoms with van der Waals surface area (Å²) in [6.07, 6.45) is 0. The van der Waals surface area contributed by atoms with Crippen LogP contribution in [0.25, 0.3) is 11.2 Å². The summed E-state index contributed by atoms with van der Waals surface area (Å²) in [4.78, 5) is 45.7. The number of fused-ring (bicyclic) bond motifs is 3. The highest BCUT2D eigenvalue weighted by Crippen LogP contribution is 2.33. The molecule has 0 saturated heterocycles. The number of rotatable bonds is 5. The first-order chi connectivity index (χ1) is 16.8. The van der Waals surface area contributed by atoms with E-state index in [4.69, 9.17) is 16.3 Å². The van der Waals surface area contributed by atoms with Crippen LogP contribution in [0.15, 0.2) is 64.2 Å². The number of aromatic nitrogens is 4. The summed E-state index contributed by atoms with van der Waals surface area (Å²) in [5, 5.41) is 0.590. The summed E-state index contributed by atoms with van der Waals surface area (Å²) in [5.41, 5.74) is 1.00. The number of hydrogen-bond donors (Lipinski definition) is 0. The molecule has 10 heteroatoms. The Morgan fingerprint density at radius 3 is 2.63 bits per heavy atom. The lowest BCUT2D eigenvalue weighted by Crippen LogP contribution is -2.42. The van der Waals surface area contributed by atoms with Crippen LogP contribution in [0, 0.1) is 5.92 Å². The van der Waals surface area contributed by atoms with Crippen molar-refractivity contribution >= 4 is 40.4 Å². The highest BCUT2D eigenvalue weighted by Gasteiger charge is 2.30. The third kappa shape index (κ3) is 4.23. The Kier molecular flexibility index (Phi) is 5.94. The molecule has 0 saturated carbocycles. The van der Waals surface area contributed by atoms with Gasteiger partial charge in [-0.2, -0.15) is 4.98 Å². The van der Waals surface area contributed by atoms with Gasteiger partial charge in [0.25, 0.3) is 5.56 Å². The average molecular weight is 494 g/mol. The van der Waals surface area contributed by atoms with Gasteiger partial charge in [0.1, 0.15) is 13.2 Å². The minimum absolute atomic E-state index is 0.0607. The molecule has 35 heavy (non-hydrogen) atoms. The van der Waals surface area contributed by atoms with Gasteiger partial charge in [-0.3, -0.25) is 14.2 Å². The molecule has 5 rings (SSSR count). The van der Waals surface area contributed by atoms with Gasteiger partial charge in [0.2, 0.25) is 5.95 Å². The Labute approximate surface area is 205 Å². The maximum atomic E-state index is 13.5. The molecule has 0 spiro atoms. The standard InChI is InChI=1S/C25H24ClN5O4/c1-16-12-29(19-10-6-9-18(26)11-19)24-27-22-21(30(24)13-16)23(33)31(25(34)28(22)2)14-20(32)35-15-17-7-4-3-5-8-17/h3-11,16H,12-15H2,1-2H3/t16-/m0/s1. The Hall–Kier alpha value is -3.85. The lowest BCUT2D eigenvalue weighted by atomic mass is 10.1. The second-order valence-corrected chi connectivity index (χ2v) is 9.21. The second-order valence-electron chi connectivity index (χ2n) is 8.77. The maximum Gasteiger partial charge on any atom is 0.333 e. The van der Waals surface area contributed by atoms with Gasteiger partial charge in [-0.15, -0.1) is 0 Å². The van der Waals surface area contributed by atoms with Crippen molar-refractivity contribution in [3.63, 3.8) is 0 Å². The molecule has 9 nitrogen and oxygen atoms in total. The third-order valence-electron chi connectivity index (χ3n) is 6.09. The van der Waals surface area contributed by atoms with Gasteiger partial charge >= 0.3 is 11.7 Å². The fourth-order valence-electron chi connectivity index (χ4n) is 4.42. The fourth-order valence-corrected chi connectivity index (χ4v) is 4.60. The van der Waals surface area contributed by atoms with E-state index in [1.165, 1.54) is 4.57 Å². The summed E-state index contributed by atoms with van der Waals surface area (Å²) in [6, 6.07) is 16.6. The van der Waals surface area contributed by atoms with Crippen molar-refractivity contribution in [2.75, 3.05) is 11.4 Å². The van der Waals surface area contributed by atoms with E-state index in [-0.39, 0.29) is 23.7 Å². The molecule has 0 radical (unpaired) electrons. The average Bonchev–Trinajstić information content (AvgIpc) is 3.23. The van der Waals surface area contributed by atoms with E-state index in [9.17, 15) is 14.4 Å². The lowest BCUT2D eigenvalue weighted by molar-refractivity contribution is -0.145. The van der Waals surface area contributed by atoms with Crippen LogP contribution in [0.3, 0.4) is 0 Å². The quantitative estimate of drug-likeness (QED) is 0.397. The molecule has 1 atom stereocenters. The molecule has 0 aliphatic carbocycles. The predicted octanol–water partition coefficient (Wildman–Crippen LogP) is 3.08. The molecule has 4 aromatic rings. The number of anilines is 2. The number of carbonyl (C=O) groups excluding carboxylic acids is 1. The molecule has 0 unspecified atom stereocenters. The number of aryl methyl sites for hydroxylation is 1. The number of halogens is 1. The molecule has 0 bridgehead atoms. The monoisotopic (exact) mass is 493 g/mol. The maximum absolute atomic E-state index is 13.5. The van der Waals surface area contributed by atoms with Crippen LogP contribution in [-0.2, 0) is 36.3 Å². The lowest BCUT2D eigenvalue weighted by Gasteiger charge is -2.33. The van der Waals surface area contributed by atoms with Gasteiger partial charge < -0.3 is 14.2 Å². The van der Waals surface area contributed by atoms with Crippen molar-refractivity contribution in [1.29, 1.82) is 0 Å². The zero-order valence-corrected chi connectivity index (χ0v) is 20.1. The van der Waals surface area contributed by atoms with Crippen molar-refractivity contribution in [2.24, 2.45) is 13.0 Å². The van der Waals surface area contributed by atoms with E-state index in [0.717, 1.165) is 15.8 Å². The molecular weight excluding hydrogens is 470 g/mol. The topological polar surface area (TPSA) is 91.4 Å². The Morgan fingerprint density at radius 1 is 1.11 bits per heavy atom. The number of carbonyl (C=O) groups is 1. The van der Waals surface area contributed by atoms with Crippen LogP contribution < -0.4 is 16.1 Å². The largest absolute Gasteiger partial charge is 0.459 e. The summed E-state index contributed by atoms with van der Waals surface area (Å²) < 4.78 is 9.33. The Bertz CT molecular complexity index is 1540. The summed E-state index contributed by atoms with van der Waals surface area (Å²) in [5.74, 6) is 0.0800. The zero-order chi connectivity index (χ0) is 24.7. The Balaban J connectivity index is 1.55. The van der Waals surface area contributed by atoms with E-state index < -0.39 is 23.8 Å². The van der Waals surface area contributed by atoms with E-state index in [0.29, 0.717) is 24.1 Å². The first kappa shape index (κ1) is 22.9. The Morgan fingerprint density at radius 2 is 1.89 bits per heavy atom. The van der Waals surface area contributed by atoms with Crippen LogP contribution in [0.1, 0.15) is 12.5 Å². The molecule has 1 aliphatic rings. The molecule has 180 valence electrons. The third-order valence-corrected chi connectivity index (χ3v) is 6.33. The zero-order valence-electron chi connectivity index (χ0n) is 19.3. The van der Waals surface area contributed by atoms with E-state index in [1.807, 2.05) is 58.0 Å². The molecular formula is C25H24ClN5O4. The fraction of sp³-hybridized carbons (Fsp3) is 0.280. The van der Waals surface area contributed by atoms with Crippen LogP contribution >= 0.6 is 11.6 Å². The molecule has 2 aromatic heterocycles.